The number of thiophene rings is 1. The number of hydrogen-bond donors (Lipinski definition) is 1. The van der Waals surface area contributed by atoms with Crippen molar-refractivity contribution in [3.63, 3.8) is 0 Å². The van der Waals surface area contributed by atoms with Crippen LogP contribution in [0.4, 0.5) is 21.6 Å². The van der Waals surface area contributed by atoms with Gasteiger partial charge >= 0.3 is 0 Å². The smallest absolute Gasteiger partial charge is 0.271 e. The molecule has 6 nitrogen and oxygen atoms in total. The third-order valence-corrected chi connectivity index (χ3v) is 5.70. The highest BCUT2D eigenvalue weighted by atomic mass is 35.5. The van der Waals surface area contributed by atoms with Gasteiger partial charge in [0.25, 0.3) is 5.69 Å². The highest BCUT2D eigenvalue weighted by molar-refractivity contribution is 7.19. The Morgan fingerprint density at radius 3 is 2.52 bits per heavy atom. The van der Waals surface area contributed by atoms with Gasteiger partial charge in [-0.05, 0) is 37.6 Å². The molecule has 0 unspecified atom stereocenters. The van der Waals surface area contributed by atoms with Crippen LogP contribution in [0.5, 0.6) is 0 Å². The van der Waals surface area contributed by atoms with Gasteiger partial charge in [0.1, 0.15) is 22.3 Å². The van der Waals surface area contributed by atoms with E-state index in [1.54, 1.807) is 25.1 Å². The van der Waals surface area contributed by atoms with Gasteiger partial charge in [0, 0.05) is 22.6 Å². The zero-order chi connectivity index (χ0) is 20.7. The number of aromatic nitrogens is 2. The van der Waals surface area contributed by atoms with Crippen molar-refractivity contribution in [1.82, 2.24) is 9.97 Å². The number of benzene rings is 2. The molecule has 9 heteroatoms. The van der Waals surface area contributed by atoms with Crippen molar-refractivity contribution in [2.24, 2.45) is 0 Å². The fraction of sp³-hybridized carbons (Fsp3) is 0.100. The molecule has 0 spiro atoms. The fourth-order valence-corrected chi connectivity index (χ4v) is 4.43. The van der Waals surface area contributed by atoms with Gasteiger partial charge in [-0.15, -0.1) is 11.3 Å². The number of non-ortho nitro benzene ring substituents is 1. The summed E-state index contributed by atoms with van der Waals surface area (Å²) in [4.78, 5) is 21.3. The van der Waals surface area contributed by atoms with E-state index in [2.05, 4.69) is 15.3 Å². The second-order valence-corrected chi connectivity index (χ2v) is 8.00. The van der Waals surface area contributed by atoms with E-state index in [-0.39, 0.29) is 16.5 Å². The molecule has 0 radical (unpaired) electrons. The number of aryl methyl sites for hydroxylation is 2. The Kier molecular flexibility index (Phi) is 4.89. The van der Waals surface area contributed by atoms with Crippen LogP contribution in [0, 0.1) is 29.8 Å². The molecule has 2 heterocycles. The van der Waals surface area contributed by atoms with Gasteiger partial charge in [0.05, 0.1) is 21.0 Å². The maximum absolute atomic E-state index is 13.4. The molecule has 0 amide bonds. The number of nitrogens with one attached hydrogen (secondary N) is 1. The molecule has 0 aliphatic carbocycles. The highest BCUT2D eigenvalue weighted by Gasteiger charge is 2.19. The average Bonchev–Trinajstić information content (AvgIpc) is 2.99. The summed E-state index contributed by atoms with van der Waals surface area (Å²) in [5.41, 5.74) is 2.15. The number of halogens is 2. The first-order valence-corrected chi connectivity index (χ1v) is 9.77. The van der Waals surface area contributed by atoms with Crippen LogP contribution in [0.25, 0.3) is 21.3 Å². The Balaban J connectivity index is 1.88. The summed E-state index contributed by atoms with van der Waals surface area (Å²) in [6, 6.07) is 10.5. The zero-order valence-electron chi connectivity index (χ0n) is 15.4. The van der Waals surface area contributed by atoms with Gasteiger partial charge in [0.2, 0.25) is 0 Å². The summed E-state index contributed by atoms with van der Waals surface area (Å²) in [6.45, 7) is 3.76. The van der Waals surface area contributed by atoms with Crippen molar-refractivity contribution in [2.75, 3.05) is 5.32 Å². The first-order valence-electron chi connectivity index (χ1n) is 8.58. The van der Waals surface area contributed by atoms with Gasteiger partial charge in [-0.3, -0.25) is 10.1 Å². The van der Waals surface area contributed by atoms with E-state index in [1.807, 2.05) is 6.92 Å². The fourth-order valence-electron chi connectivity index (χ4n) is 3.12. The van der Waals surface area contributed by atoms with Crippen LogP contribution in [0.15, 0.2) is 42.5 Å². The van der Waals surface area contributed by atoms with Gasteiger partial charge < -0.3 is 5.32 Å². The quantitative estimate of drug-likeness (QED) is 0.299. The van der Waals surface area contributed by atoms with Crippen molar-refractivity contribution < 1.29 is 9.31 Å². The molecule has 0 saturated carbocycles. The Labute approximate surface area is 174 Å². The molecule has 4 aromatic rings. The predicted octanol–water partition coefficient (Wildman–Crippen LogP) is 6.42. The largest absolute Gasteiger partial charge is 0.338 e. The van der Waals surface area contributed by atoms with Crippen molar-refractivity contribution in [2.45, 2.75) is 13.8 Å². The minimum absolute atomic E-state index is 0.0945. The van der Waals surface area contributed by atoms with E-state index in [4.69, 9.17) is 11.6 Å². The third-order valence-electron chi connectivity index (χ3n) is 4.39. The minimum atomic E-state index is -0.502. The maximum Gasteiger partial charge on any atom is 0.271 e. The molecule has 0 bridgehead atoms. The SMILES string of the molecule is Cc1nc(Nc2ccc([N+](=O)[O-])cc2Cl)c2c(-c3ccc(F)cc3)c(C)sc2n1. The predicted molar refractivity (Wildman–Crippen MR) is 114 cm³/mol. The summed E-state index contributed by atoms with van der Waals surface area (Å²) in [6.07, 6.45) is 0. The third kappa shape index (κ3) is 3.64. The van der Waals surface area contributed by atoms with E-state index in [0.29, 0.717) is 17.3 Å². The standard InChI is InChI=1S/C20H14ClFN4O2S/c1-10-17(12-3-5-13(22)6-4-12)18-19(23-11(2)24-20(18)29-10)25-16-8-7-14(26(27)28)9-15(16)21/h3-9H,1-2H3,(H,23,24,25). The zero-order valence-corrected chi connectivity index (χ0v) is 16.9. The summed E-state index contributed by atoms with van der Waals surface area (Å²) in [5.74, 6) is 0.797. The van der Waals surface area contributed by atoms with E-state index in [1.165, 1.54) is 35.6 Å². The molecule has 2 aromatic carbocycles. The lowest BCUT2D eigenvalue weighted by Crippen LogP contribution is -1.99. The van der Waals surface area contributed by atoms with Crippen LogP contribution in [0.1, 0.15) is 10.7 Å². The first-order chi connectivity index (χ1) is 13.8. The van der Waals surface area contributed by atoms with Crippen molar-refractivity contribution in [3.8, 4) is 11.1 Å². The monoisotopic (exact) mass is 428 g/mol. The van der Waals surface area contributed by atoms with Crippen molar-refractivity contribution >= 4 is 50.3 Å². The molecule has 2 aromatic heterocycles. The lowest BCUT2D eigenvalue weighted by Gasteiger charge is -2.11. The molecule has 0 fully saturated rings. The molecule has 0 aliphatic heterocycles. The summed E-state index contributed by atoms with van der Waals surface area (Å²) < 4.78 is 13.4. The molecular weight excluding hydrogens is 415 g/mol. The summed E-state index contributed by atoms with van der Waals surface area (Å²) in [7, 11) is 0. The van der Waals surface area contributed by atoms with E-state index in [9.17, 15) is 14.5 Å². The van der Waals surface area contributed by atoms with Gasteiger partial charge in [-0.1, -0.05) is 23.7 Å². The average molecular weight is 429 g/mol. The highest BCUT2D eigenvalue weighted by Crippen LogP contribution is 2.42. The Morgan fingerprint density at radius 1 is 1.14 bits per heavy atom. The Bertz CT molecular complexity index is 1260. The van der Waals surface area contributed by atoms with Gasteiger partial charge in [-0.2, -0.15) is 0 Å². The van der Waals surface area contributed by atoms with Crippen molar-refractivity contribution in [1.29, 1.82) is 0 Å². The molecule has 0 saturated heterocycles. The number of rotatable bonds is 4. The number of nitrogens with zero attached hydrogens (tertiary/aromatic N) is 3. The molecule has 1 N–H and O–H groups in total. The second-order valence-electron chi connectivity index (χ2n) is 6.39. The van der Waals surface area contributed by atoms with E-state index < -0.39 is 4.92 Å². The van der Waals surface area contributed by atoms with Crippen LogP contribution < -0.4 is 5.32 Å². The number of hydrogen-bond acceptors (Lipinski definition) is 6. The lowest BCUT2D eigenvalue weighted by atomic mass is 10.0. The number of nitro groups is 1. The summed E-state index contributed by atoms with van der Waals surface area (Å²) in [5, 5.41) is 15.1. The molecule has 0 atom stereocenters. The second kappa shape index (κ2) is 7.38. The lowest BCUT2D eigenvalue weighted by molar-refractivity contribution is -0.384. The van der Waals surface area contributed by atoms with E-state index >= 15 is 0 Å². The molecule has 4 rings (SSSR count). The molecule has 29 heavy (non-hydrogen) atoms. The van der Waals surface area contributed by atoms with Gasteiger partial charge in [-0.25, -0.2) is 14.4 Å². The minimum Gasteiger partial charge on any atom is -0.338 e. The molecule has 0 aliphatic rings. The topological polar surface area (TPSA) is 81.0 Å². The van der Waals surface area contributed by atoms with Crippen LogP contribution in [-0.2, 0) is 0 Å². The van der Waals surface area contributed by atoms with Crippen LogP contribution in [-0.4, -0.2) is 14.9 Å². The Hall–Kier alpha value is -3.10. The van der Waals surface area contributed by atoms with Gasteiger partial charge in [0.15, 0.2) is 0 Å². The van der Waals surface area contributed by atoms with E-state index in [0.717, 1.165) is 26.2 Å². The number of anilines is 2. The molecule has 146 valence electrons. The normalized spacial score (nSPS) is 11.0. The van der Waals surface area contributed by atoms with Crippen LogP contribution in [0.3, 0.4) is 0 Å². The number of nitro benzene ring substituents is 1. The Morgan fingerprint density at radius 2 is 1.86 bits per heavy atom. The van der Waals surface area contributed by atoms with Crippen LogP contribution in [0.2, 0.25) is 5.02 Å². The van der Waals surface area contributed by atoms with Crippen molar-refractivity contribution in [3.05, 3.63) is 74.1 Å². The summed E-state index contributed by atoms with van der Waals surface area (Å²) >= 11 is 7.76. The number of fused-ring (bicyclic) bond motifs is 1. The maximum atomic E-state index is 13.4. The van der Waals surface area contributed by atoms with Crippen LogP contribution >= 0.6 is 22.9 Å². The molecular formula is C20H14ClFN4O2S. The first kappa shape index (κ1) is 19.2.